The third kappa shape index (κ3) is 3.34. The third-order valence-corrected chi connectivity index (χ3v) is 7.53. The molecule has 4 rings (SSSR count). The molecule has 0 aromatic carbocycles. The van der Waals surface area contributed by atoms with Crippen LogP contribution >= 0.6 is 0 Å². The Kier molecular flexibility index (Phi) is 5.36. The molecule has 27 heavy (non-hydrogen) atoms. The number of hydrogen-bond acceptors (Lipinski definition) is 4. The van der Waals surface area contributed by atoms with E-state index in [-0.39, 0.29) is 12.0 Å². The summed E-state index contributed by atoms with van der Waals surface area (Å²) in [6.07, 6.45) is 5.47. The van der Waals surface area contributed by atoms with Crippen molar-refractivity contribution in [1.82, 2.24) is 14.7 Å². The zero-order chi connectivity index (χ0) is 19.1. The lowest BCUT2D eigenvalue weighted by Gasteiger charge is -2.50. The fraction of sp³-hybridized carbons (Fsp3) is 0.905. The topological polar surface area (TPSA) is 53.1 Å². The highest BCUT2D eigenvalue weighted by atomic mass is 16.6. The lowest BCUT2D eigenvalue weighted by Crippen LogP contribution is -2.59. The van der Waals surface area contributed by atoms with Crippen molar-refractivity contribution in [2.45, 2.75) is 71.0 Å². The van der Waals surface area contributed by atoms with Gasteiger partial charge in [-0.25, -0.2) is 4.79 Å². The van der Waals surface area contributed by atoms with Crippen molar-refractivity contribution >= 4 is 12.0 Å². The molecule has 0 N–H and O–H groups in total. The Labute approximate surface area is 163 Å². The molecule has 1 aliphatic carbocycles. The molecule has 0 aromatic rings. The van der Waals surface area contributed by atoms with Crippen LogP contribution in [0, 0.1) is 17.8 Å². The van der Waals surface area contributed by atoms with Gasteiger partial charge in [-0.1, -0.05) is 0 Å². The fourth-order valence-corrected chi connectivity index (χ4v) is 6.12. The van der Waals surface area contributed by atoms with Crippen LogP contribution in [0.4, 0.5) is 4.79 Å². The van der Waals surface area contributed by atoms with Crippen molar-refractivity contribution in [3.05, 3.63) is 0 Å². The van der Waals surface area contributed by atoms with Crippen LogP contribution in [0.1, 0.15) is 52.9 Å². The number of carbonyl (C=O) groups is 2. The van der Waals surface area contributed by atoms with Gasteiger partial charge in [-0.3, -0.25) is 9.69 Å². The number of amides is 2. The average molecular weight is 378 g/mol. The van der Waals surface area contributed by atoms with Gasteiger partial charge in [-0.15, -0.1) is 0 Å². The summed E-state index contributed by atoms with van der Waals surface area (Å²) in [5, 5.41) is 0. The van der Waals surface area contributed by atoms with E-state index in [0.717, 1.165) is 51.9 Å². The minimum absolute atomic E-state index is 0.111. The Bertz CT molecular complexity index is 553. The molecule has 4 unspecified atom stereocenters. The summed E-state index contributed by atoms with van der Waals surface area (Å²) in [6, 6.07) is 1.25. The smallest absolute Gasteiger partial charge is 0.410 e. The maximum Gasteiger partial charge on any atom is 0.410 e. The van der Waals surface area contributed by atoms with E-state index in [0.29, 0.717) is 42.5 Å². The number of piperidine rings is 3. The normalized spacial score (nSPS) is 37.7. The van der Waals surface area contributed by atoms with Gasteiger partial charge in [-0.2, -0.15) is 0 Å². The number of carbonyl (C=O) groups excluding carboxylic acids is 2. The Morgan fingerprint density at radius 1 is 0.963 bits per heavy atom. The Hall–Kier alpha value is -1.30. The summed E-state index contributed by atoms with van der Waals surface area (Å²) in [4.78, 5) is 31.7. The van der Waals surface area contributed by atoms with E-state index in [2.05, 4.69) is 18.7 Å². The molecule has 0 spiro atoms. The molecule has 3 heterocycles. The lowest BCUT2D eigenvalue weighted by atomic mass is 9.81. The van der Waals surface area contributed by atoms with Crippen molar-refractivity contribution in [2.24, 2.45) is 17.8 Å². The van der Waals surface area contributed by atoms with Crippen LogP contribution in [-0.4, -0.2) is 77.6 Å². The van der Waals surface area contributed by atoms with E-state index in [9.17, 15) is 9.59 Å². The Morgan fingerprint density at radius 3 is 2.07 bits per heavy atom. The third-order valence-electron chi connectivity index (χ3n) is 7.53. The second-order valence-corrected chi connectivity index (χ2v) is 8.79. The van der Waals surface area contributed by atoms with Gasteiger partial charge in [0.25, 0.3) is 0 Å². The molecule has 0 aromatic heterocycles. The second-order valence-electron chi connectivity index (χ2n) is 8.79. The minimum atomic E-state index is -0.111. The van der Waals surface area contributed by atoms with E-state index < -0.39 is 0 Å². The molecule has 4 aliphatic rings. The maximum atomic E-state index is 12.7. The van der Waals surface area contributed by atoms with E-state index in [4.69, 9.17) is 4.74 Å². The molecule has 4 fully saturated rings. The van der Waals surface area contributed by atoms with Gasteiger partial charge in [0.2, 0.25) is 5.91 Å². The molecule has 2 bridgehead atoms. The van der Waals surface area contributed by atoms with Gasteiger partial charge in [0.1, 0.15) is 0 Å². The monoisotopic (exact) mass is 377 g/mol. The molecule has 1 saturated carbocycles. The minimum Gasteiger partial charge on any atom is -0.450 e. The molecule has 0 radical (unpaired) electrons. The average Bonchev–Trinajstić information content (AvgIpc) is 3.15. The van der Waals surface area contributed by atoms with Crippen molar-refractivity contribution in [3.63, 3.8) is 0 Å². The van der Waals surface area contributed by atoms with Crippen molar-refractivity contribution in [3.8, 4) is 0 Å². The molecule has 6 heteroatoms. The van der Waals surface area contributed by atoms with Crippen LogP contribution in [-0.2, 0) is 9.53 Å². The first-order chi connectivity index (χ1) is 13.1. The first-order valence-electron chi connectivity index (χ1n) is 11.1. The van der Waals surface area contributed by atoms with Gasteiger partial charge < -0.3 is 14.5 Å². The largest absolute Gasteiger partial charge is 0.450 e. The van der Waals surface area contributed by atoms with Crippen LogP contribution < -0.4 is 0 Å². The molecular formula is C21H35N3O3. The quantitative estimate of drug-likeness (QED) is 0.739. The Balaban J connectivity index is 1.34. The number of ether oxygens (including phenoxy) is 1. The number of hydrogen-bond donors (Lipinski definition) is 0. The number of likely N-dealkylation sites (tertiary alicyclic amines) is 1. The van der Waals surface area contributed by atoms with Crippen LogP contribution in [0.5, 0.6) is 0 Å². The van der Waals surface area contributed by atoms with Crippen molar-refractivity contribution in [2.75, 3.05) is 32.8 Å². The van der Waals surface area contributed by atoms with E-state index in [1.54, 1.807) is 0 Å². The van der Waals surface area contributed by atoms with Crippen molar-refractivity contribution in [1.29, 1.82) is 0 Å². The van der Waals surface area contributed by atoms with Gasteiger partial charge in [0.05, 0.1) is 6.61 Å². The predicted molar refractivity (Wildman–Crippen MR) is 103 cm³/mol. The van der Waals surface area contributed by atoms with Gasteiger partial charge >= 0.3 is 6.09 Å². The molecular weight excluding hydrogens is 342 g/mol. The number of fused-ring (bicyclic) bond motifs is 3. The highest BCUT2D eigenvalue weighted by Gasteiger charge is 2.61. The number of nitrogens with zero attached hydrogens (tertiary/aromatic N) is 3. The SMILES string of the molecule is CCOC(=O)N1C2CCCC1CC(N1CC3C(C1)C3C(=O)N(CC)CC)C2. The summed E-state index contributed by atoms with van der Waals surface area (Å²) in [5.74, 6) is 1.80. The zero-order valence-corrected chi connectivity index (χ0v) is 17.1. The lowest BCUT2D eigenvalue weighted by molar-refractivity contribution is -0.133. The van der Waals surface area contributed by atoms with Crippen LogP contribution in [0.3, 0.4) is 0 Å². The maximum absolute atomic E-state index is 12.7. The summed E-state index contributed by atoms with van der Waals surface area (Å²) >= 11 is 0. The van der Waals surface area contributed by atoms with Crippen LogP contribution in [0.25, 0.3) is 0 Å². The van der Waals surface area contributed by atoms with E-state index in [1.165, 1.54) is 6.42 Å². The van der Waals surface area contributed by atoms with Gasteiger partial charge in [0.15, 0.2) is 0 Å². The second kappa shape index (κ2) is 7.61. The molecule has 4 atom stereocenters. The van der Waals surface area contributed by atoms with E-state index >= 15 is 0 Å². The van der Waals surface area contributed by atoms with Crippen LogP contribution in [0.15, 0.2) is 0 Å². The Morgan fingerprint density at radius 2 is 1.56 bits per heavy atom. The predicted octanol–water partition coefficient (Wildman–Crippen LogP) is 2.57. The molecule has 3 saturated heterocycles. The summed E-state index contributed by atoms with van der Waals surface area (Å²) < 4.78 is 5.32. The standard InChI is InChI=1S/C21H35N3O3/c1-4-22(5-2)20(25)19-17-12-23(13-18(17)19)16-10-14-8-7-9-15(11-16)24(14)21(26)27-6-3/h14-19H,4-13H2,1-3H3. The molecule has 2 amide bonds. The molecule has 3 aliphatic heterocycles. The van der Waals surface area contributed by atoms with Crippen molar-refractivity contribution < 1.29 is 14.3 Å². The summed E-state index contributed by atoms with van der Waals surface area (Å²) in [7, 11) is 0. The first kappa shape index (κ1) is 19.0. The zero-order valence-electron chi connectivity index (χ0n) is 17.1. The molecule has 152 valence electrons. The highest BCUT2D eigenvalue weighted by molar-refractivity contribution is 5.82. The first-order valence-corrected chi connectivity index (χ1v) is 11.1. The van der Waals surface area contributed by atoms with Crippen LogP contribution in [0.2, 0.25) is 0 Å². The van der Waals surface area contributed by atoms with Gasteiger partial charge in [-0.05, 0) is 64.7 Å². The van der Waals surface area contributed by atoms with Gasteiger partial charge in [0, 0.05) is 50.2 Å². The summed E-state index contributed by atoms with van der Waals surface area (Å²) in [6.45, 7) is 10.3. The summed E-state index contributed by atoms with van der Waals surface area (Å²) in [5.41, 5.74) is 0. The fourth-order valence-electron chi connectivity index (χ4n) is 6.12. The number of rotatable bonds is 5. The molecule has 6 nitrogen and oxygen atoms in total. The highest BCUT2D eigenvalue weighted by Crippen LogP contribution is 2.54. The van der Waals surface area contributed by atoms with E-state index in [1.807, 2.05) is 16.7 Å².